The maximum Gasteiger partial charge on any atom is 0.224 e. The van der Waals surface area contributed by atoms with Gasteiger partial charge in [0.25, 0.3) is 0 Å². The summed E-state index contributed by atoms with van der Waals surface area (Å²) in [5.41, 5.74) is 2.82. The van der Waals surface area contributed by atoms with Crippen LogP contribution in [0.5, 0.6) is 0 Å². The number of rotatable bonds is 5. The first-order valence-corrected chi connectivity index (χ1v) is 8.70. The number of nitrogens with one attached hydrogen (secondary N) is 2. The fourth-order valence-corrected chi connectivity index (χ4v) is 3.47. The van der Waals surface area contributed by atoms with Crippen molar-refractivity contribution in [2.75, 3.05) is 5.32 Å². The Kier molecular flexibility index (Phi) is 4.22. The zero-order valence-corrected chi connectivity index (χ0v) is 14.1. The van der Waals surface area contributed by atoms with Gasteiger partial charge in [-0.2, -0.15) is 5.10 Å². The number of anilines is 1. The normalized spacial score (nSPS) is 10.9. The lowest BCUT2D eigenvalue weighted by atomic mass is 10.2. The Bertz CT molecular complexity index is 959. The molecule has 0 aliphatic rings. The summed E-state index contributed by atoms with van der Waals surface area (Å²) < 4.78 is 1.17. The number of hydrogen-bond donors (Lipinski definition) is 2. The van der Waals surface area contributed by atoms with E-state index in [1.807, 2.05) is 42.5 Å². The van der Waals surface area contributed by atoms with Gasteiger partial charge in [-0.05, 0) is 36.4 Å². The van der Waals surface area contributed by atoms with Crippen LogP contribution in [0, 0.1) is 0 Å². The standard InChI is InChI=1S/C18H15N5OS/c24-17(10-9-16-19-11-20-23-16)21-13-7-5-12(6-8-13)18-22-14-3-1-2-4-15(14)25-18/h1-8,11H,9-10H2,(H,21,24)(H,19,20,23). The molecule has 0 radical (unpaired) electrons. The van der Waals surface area contributed by atoms with Crippen molar-refractivity contribution in [3.8, 4) is 10.6 Å². The van der Waals surface area contributed by atoms with Crippen molar-refractivity contribution in [3.05, 3.63) is 60.7 Å². The van der Waals surface area contributed by atoms with E-state index in [0.717, 1.165) is 21.8 Å². The second-order valence-electron chi connectivity index (χ2n) is 5.54. The lowest BCUT2D eigenvalue weighted by Gasteiger charge is -2.05. The van der Waals surface area contributed by atoms with Crippen LogP contribution in [-0.2, 0) is 11.2 Å². The third-order valence-corrected chi connectivity index (χ3v) is 4.85. The van der Waals surface area contributed by atoms with Crippen molar-refractivity contribution in [2.45, 2.75) is 12.8 Å². The van der Waals surface area contributed by atoms with Gasteiger partial charge >= 0.3 is 0 Å². The Balaban J connectivity index is 1.42. The molecule has 2 heterocycles. The summed E-state index contributed by atoms with van der Waals surface area (Å²) in [6, 6.07) is 15.8. The van der Waals surface area contributed by atoms with Crippen LogP contribution in [0.1, 0.15) is 12.2 Å². The van der Waals surface area contributed by atoms with Gasteiger partial charge in [0.1, 0.15) is 17.2 Å². The molecule has 0 saturated heterocycles. The van der Waals surface area contributed by atoms with Gasteiger partial charge in [-0.25, -0.2) is 9.97 Å². The predicted molar refractivity (Wildman–Crippen MR) is 98.4 cm³/mol. The maximum atomic E-state index is 12.0. The highest BCUT2D eigenvalue weighted by molar-refractivity contribution is 7.21. The Labute approximate surface area is 148 Å². The number of fused-ring (bicyclic) bond motifs is 1. The molecule has 6 nitrogen and oxygen atoms in total. The molecule has 2 aromatic carbocycles. The van der Waals surface area contributed by atoms with E-state index >= 15 is 0 Å². The molecule has 124 valence electrons. The molecule has 0 spiro atoms. The van der Waals surface area contributed by atoms with E-state index in [4.69, 9.17) is 0 Å². The van der Waals surface area contributed by atoms with E-state index in [0.29, 0.717) is 18.7 Å². The summed E-state index contributed by atoms with van der Waals surface area (Å²) in [5, 5.41) is 10.4. The fourth-order valence-electron chi connectivity index (χ4n) is 2.50. The van der Waals surface area contributed by atoms with Crippen molar-refractivity contribution in [3.63, 3.8) is 0 Å². The fraction of sp³-hybridized carbons (Fsp3) is 0.111. The van der Waals surface area contributed by atoms with Crippen molar-refractivity contribution in [1.29, 1.82) is 0 Å². The minimum absolute atomic E-state index is 0.0517. The number of para-hydroxylation sites is 1. The van der Waals surface area contributed by atoms with Gasteiger partial charge in [-0.1, -0.05) is 12.1 Å². The summed E-state index contributed by atoms with van der Waals surface area (Å²) in [6.07, 6.45) is 2.33. The van der Waals surface area contributed by atoms with E-state index in [9.17, 15) is 4.79 Å². The largest absolute Gasteiger partial charge is 0.326 e. The number of benzene rings is 2. The number of aryl methyl sites for hydroxylation is 1. The minimum Gasteiger partial charge on any atom is -0.326 e. The summed E-state index contributed by atoms with van der Waals surface area (Å²) in [4.78, 5) is 20.6. The summed E-state index contributed by atoms with van der Waals surface area (Å²) in [7, 11) is 0. The zero-order valence-electron chi connectivity index (χ0n) is 13.3. The highest BCUT2D eigenvalue weighted by atomic mass is 32.1. The third-order valence-electron chi connectivity index (χ3n) is 3.76. The number of aromatic nitrogens is 4. The molecule has 2 aromatic heterocycles. The molecule has 25 heavy (non-hydrogen) atoms. The van der Waals surface area contributed by atoms with Crippen molar-refractivity contribution < 1.29 is 4.79 Å². The minimum atomic E-state index is -0.0517. The molecule has 0 fully saturated rings. The molecule has 4 aromatic rings. The average molecular weight is 349 g/mol. The van der Waals surface area contributed by atoms with E-state index in [1.54, 1.807) is 11.3 Å². The van der Waals surface area contributed by atoms with Crippen molar-refractivity contribution in [1.82, 2.24) is 20.2 Å². The number of thiazole rings is 1. The number of nitrogens with zero attached hydrogens (tertiary/aromatic N) is 3. The van der Waals surface area contributed by atoms with Crippen molar-refractivity contribution >= 4 is 33.1 Å². The van der Waals surface area contributed by atoms with Crippen LogP contribution < -0.4 is 5.32 Å². The maximum absolute atomic E-state index is 12.0. The van der Waals surface area contributed by atoms with E-state index in [1.165, 1.54) is 11.0 Å². The van der Waals surface area contributed by atoms with Crippen LogP contribution in [-0.4, -0.2) is 26.1 Å². The van der Waals surface area contributed by atoms with E-state index in [-0.39, 0.29) is 5.91 Å². The van der Waals surface area contributed by atoms with Gasteiger partial charge in [0.15, 0.2) is 0 Å². The van der Waals surface area contributed by atoms with Crippen LogP contribution in [0.2, 0.25) is 0 Å². The molecule has 0 unspecified atom stereocenters. The monoisotopic (exact) mass is 349 g/mol. The van der Waals surface area contributed by atoms with E-state index < -0.39 is 0 Å². The van der Waals surface area contributed by atoms with Gasteiger partial charge < -0.3 is 5.32 Å². The van der Waals surface area contributed by atoms with Crippen LogP contribution in [0.25, 0.3) is 20.8 Å². The molecule has 0 atom stereocenters. The second-order valence-corrected chi connectivity index (χ2v) is 6.58. The summed E-state index contributed by atoms with van der Waals surface area (Å²) in [6.45, 7) is 0. The number of carbonyl (C=O) groups is 1. The molecule has 2 N–H and O–H groups in total. The molecular formula is C18H15N5OS. The number of aromatic amines is 1. The molecule has 4 rings (SSSR count). The first-order chi connectivity index (χ1) is 12.3. The lowest BCUT2D eigenvalue weighted by molar-refractivity contribution is -0.116. The van der Waals surface area contributed by atoms with Gasteiger partial charge in [0.2, 0.25) is 5.91 Å². The molecule has 1 amide bonds. The van der Waals surface area contributed by atoms with Gasteiger partial charge in [0.05, 0.1) is 10.2 Å². The topological polar surface area (TPSA) is 83.6 Å². The Morgan fingerprint density at radius 2 is 1.96 bits per heavy atom. The molecule has 7 heteroatoms. The number of carbonyl (C=O) groups excluding carboxylic acids is 1. The van der Waals surface area contributed by atoms with Crippen LogP contribution in [0.4, 0.5) is 5.69 Å². The highest BCUT2D eigenvalue weighted by Gasteiger charge is 2.07. The first-order valence-electron chi connectivity index (χ1n) is 7.88. The molecular weight excluding hydrogens is 334 g/mol. The third kappa shape index (κ3) is 3.56. The quantitative estimate of drug-likeness (QED) is 0.576. The Morgan fingerprint density at radius 3 is 2.72 bits per heavy atom. The molecule has 0 aliphatic carbocycles. The Morgan fingerprint density at radius 1 is 1.12 bits per heavy atom. The molecule has 0 saturated carbocycles. The van der Waals surface area contributed by atoms with Crippen LogP contribution in [0.15, 0.2) is 54.9 Å². The molecule has 0 aliphatic heterocycles. The predicted octanol–water partition coefficient (Wildman–Crippen LogP) is 3.65. The van der Waals surface area contributed by atoms with Gasteiger partial charge in [-0.15, -0.1) is 11.3 Å². The lowest BCUT2D eigenvalue weighted by Crippen LogP contribution is -2.12. The number of H-pyrrole nitrogens is 1. The first kappa shape index (κ1) is 15.5. The van der Waals surface area contributed by atoms with E-state index in [2.05, 4.69) is 31.5 Å². The van der Waals surface area contributed by atoms with Crippen LogP contribution in [0.3, 0.4) is 0 Å². The zero-order chi connectivity index (χ0) is 17.1. The number of amides is 1. The average Bonchev–Trinajstić information content (AvgIpc) is 3.30. The second kappa shape index (κ2) is 6.82. The van der Waals surface area contributed by atoms with Gasteiger partial charge in [-0.3, -0.25) is 9.89 Å². The highest BCUT2D eigenvalue weighted by Crippen LogP contribution is 2.30. The SMILES string of the molecule is O=C(CCc1ncn[nH]1)Nc1ccc(-c2nc3ccccc3s2)cc1. The smallest absolute Gasteiger partial charge is 0.224 e. The molecule has 0 bridgehead atoms. The van der Waals surface area contributed by atoms with Crippen LogP contribution >= 0.6 is 11.3 Å². The summed E-state index contributed by atoms with van der Waals surface area (Å²) >= 11 is 1.66. The van der Waals surface area contributed by atoms with Gasteiger partial charge in [0, 0.05) is 24.1 Å². The van der Waals surface area contributed by atoms with Crippen molar-refractivity contribution in [2.24, 2.45) is 0 Å². The summed E-state index contributed by atoms with van der Waals surface area (Å²) in [5.74, 6) is 0.658. The number of hydrogen-bond acceptors (Lipinski definition) is 5. The Hall–Kier alpha value is -3.06.